The summed E-state index contributed by atoms with van der Waals surface area (Å²) in [6.45, 7) is 9.58. The summed E-state index contributed by atoms with van der Waals surface area (Å²) in [6.07, 6.45) is 2.57. The highest BCUT2D eigenvalue weighted by molar-refractivity contribution is 6.14. The first kappa shape index (κ1) is 13.2. The lowest BCUT2D eigenvalue weighted by Crippen LogP contribution is -2.52. The first-order valence-electron chi connectivity index (χ1n) is 6.80. The number of aliphatic imine (C=N–C) groups is 2. The van der Waals surface area contributed by atoms with Crippen LogP contribution >= 0.6 is 0 Å². The van der Waals surface area contributed by atoms with Crippen molar-refractivity contribution in [3.05, 3.63) is 0 Å². The normalized spacial score (nSPS) is 25.2. The molecular formula is C14H23N3O. The molecule has 0 aromatic rings. The molecule has 4 nitrogen and oxygen atoms in total. The zero-order valence-corrected chi connectivity index (χ0v) is 11.9. The third kappa shape index (κ3) is 2.47. The molecule has 2 heterocycles. The van der Waals surface area contributed by atoms with E-state index in [-0.39, 0.29) is 17.4 Å². The van der Waals surface area contributed by atoms with E-state index < -0.39 is 0 Å². The van der Waals surface area contributed by atoms with E-state index in [9.17, 15) is 4.79 Å². The minimum atomic E-state index is -0.146. The van der Waals surface area contributed by atoms with E-state index in [4.69, 9.17) is 0 Å². The first-order valence-corrected chi connectivity index (χ1v) is 6.80. The molecule has 0 aromatic heterocycles. The Balaban J connectivity index is 2.23. The number of carbonyl (C=O) groups is 1. The molecule has 2 aliphatic heterocycles. The van der Waals surface area contributed by atoms with Gasteiger partial charge in [0.1, 0.15) is 6.67 Å². The van der Waals surface area contributed by atoms with Gasteiger partial charge >= 0.3 is 0 Å². The summed E-state index contributed by atoms with van der Waals surface area (Å²) in [5, 5.41) is 0. The second kappa shape index (κ2) is 4.82. The van der Waals surface area contributed by atoms with Crippen LogP contribution in [0.3, 0.4) is 0 Å². The zero-order valence-electron chi connectivity index (χ0n) is 11.9. The molecule has 0 saturated heterocycles. The molecular weight excluding hydrogens is 226 g/mol. The highest BCUT2D eigenvalue weighted by Crippen LogP contribution is 2.26. The van der Waals surface area contributed by atoms with Crippen LogP contribution in [-0.4, -0.2) is 41.0 Å². The van der Waals surface area contributed by atoms with Crippen LogP contribution in [0.25, 0.3) is 0 Å². The van der Waals surface area contributed by atoms with E-state index in [1.54, 1.807) is 0 Å². The van der Waals surface area contributed by atoms with Gasteiger partial charge < -0.3 is 4.90 Å². The molecule has 100 valence electrons. The molecule has 0 radical (unpaired) electrons. The molecule has 0 spiro atoms. The fraction of sp³-hybridized carbons (Fsp3) is 0.786. The molecule has 0 fully saturated rings. The van der Waals surface area contributed by atoms with Crippen LogP contribution < -0.4 is 0 Å². The molecule has 1 unspecified atom stereocenters. The number of carbonyl (C=O) groups excluding carboxylic acids is 1. The summed E-state index contributed by atoms with van der Waals surface area (Å²) in [7, 11) is 0. The summed E-state index contributed by atoms with van der Waals surface area (Å²) in [6, 6.07) is 0. The number of rotatable bonds is 1. The summed E-state index contributed by atoms with van der Waals surface area (Å²) < 4.78 is 0. The third-order valence-corrected chi connectivity index (χ3v) is 3.74. The molecule has 1 amide bonds. The van der Waals surface area contributed by atoms with Gasteiger partial charge in [-0.1, -0.05) is 6.92 Å². The minimum Gasteiger partial charge on any atom is -0.318 e. The minimum absolute atomic E-state index is 0.0363. The van der Waals surface area contributed by atoms with E-state index >= 15 is 0 Å². The van der Waals surface area contributed by atoms with Gasteiger partial charge in [0, 0.05) is 29.9 Å². The van der Waals surface area contributed by atoms with E-state index in [1.807, 2.05) is 4.90 Å². The van der Waals surface area contributed by atoms with Crippen molar-refractivity contribution >= 4 is 17.3 Å². The van der Waals surface area contributed by atoms with Gasteiger partial charge in [0.05, 0.1) is 5.92 Å². The predicted molar refractivity (Wildman–Crippen MR) is 74.2 cm³/mol. The van der Waals surface area contributed by atoms with Gasteiger partial charge in [-0.15, -0.1) is 0 Å². The van der Waals surface area contributed by atoms with Crippen molar-refractivity contribution in [2.24, 2.45) is 15.9 Å². The Hall–Kier alpha value is -1.19. The van der Waals surface area contributed by atoms with Crippen LogP contribution in [0.1, 0.15) is 47.0 Å². The van der Waals surface area contributed by atoms with Crippen molar-refractivity contribution in [1.82, 2.24) is 4.90 Å². The Morgan fingerprint density at radius 3 is 2.67 bits per heavy atom. The fourth-order valence-corrected chi connectivity index (χ4v) is 2.54. The quantitative estimate of drug-likeness (QED) is 0.703. The van der Waals surface area contributed by atoms with Crippen molar-refractivity contribution in [2.45, 2.75) is 52.5 Å². The third-order valence-electron chi connectivity index (χ3n) is 3.74. The Bertz CT molecular complexity index is 404. The van der Waals surface area contributed by atoms with E-state index in [0.717, 1.165) is 31.5 Å². The van der Waals surface area contributed by atoms with Crippen molar-refractivity contribution < 1.29 is 4.79 Å². The van der Waals surface area contributed by atoms with Crippen molar-refractivity contribution in [2.75, 3.05) is 13.2 Å². The summed E-state index contributed by atoms with van der Waals surface area (Å²) in [5.41, 5.74) is 2.10. The maximum absolute atomic E-state index is 12.5. The lowest BCUT2D eigenvalue weighted by atomic mass is 9.91. The molecule has 0 aromatic carbocycles. The second-order valence-corrected chi connectivity index (χ2v) is 6.05. The summed E-state index contributed by atoms with van der Waals surface area (Å²) >= 11 is 0. The van der Waals surface area contributed by atoms with Crippen LogP contribution in [0.2, 0.25) is 0 Å². The van der Waals surface area contributed by atoms with Crippen molar-refractivity contribution in [3.63, 3.8) is 0 Å². The SMILES string of the molecule is CCC1=NCCC2C(=O)N(C(C)(C)C)CN=C2C1. The van der Waals surface area contributed by atoms with Crippen LogP contribution in [0.15, 0.2) is 9.98 Å². The van der Waals surface area contributed by atoms with E-state index in [2.05, 4.69) is 37.7 Å². The summed E-state index contributed by atoms with van der Waals surface area (Å²) in [5.74, 6) is 0.200. The van der Waals surface area contributed by atoms with E-state index in [1.165, 1.54) is 5.71 Å². The largest absolute Gasteiger partial charge is 0.318 e. The molecule has 4 heteroatoms. The predicted octanol–water partition coefficient (Wildman–Crippen LogP) is 2.29. The van der Waals surface area contributed by atoms with Gasteiger partial charge in [0.15, 0.2) is 0 Å². The smallest absolute Gasteiger partial charge is 0.233 e. The molecule has 0 saturated carbocycles. The van der Waals surface area contributed by atoms with Gasteiger partial charge in [-0.3, -0.25) is 14.8 Å². The Kier molecular flexibility index (Phi) is 3.55. The average molecular weight is 249 g/mol. The second-order valence-electron chi connectivity index (χ2n) is 6.05. The fourth-order valence-electron chi connectivity index (χ4n) is 2.54. The number of nitrogens with zero attached hydrogens (tertiary/aromatic N) is 3. The molecule has 1 atom stereocenters. The maximum atomic E-state index is 12.5. The molecule has 18 heavy (non-hydrogen) atoms. The van der Waals surface area contributed by atoms with Crippen LogP contribution in [-0.2, 0) is 4.79 Å². The van der Waals surface area contributed by atoms with Gasteiger partial charge in [0.25, 0.3) is 0 Å². The first-order chi connectivity index (χ1) is 8.43. The lowest BCUT2D eigenvalue weighted by molar-refractivity contribution is -0.139. The molecule has 2 rings (SSSR count). The molecule has 0 bridgehead atoms. The van der Waals surface area contributed by atoms with Crippen molar-refractivity contribution in [1.29, 1.82) is 0 Å². The van der Waals surface area contributed by atoms with Crippen LogP contribution in [0.5, 0.6) is 0 Å². The topological polar surface area (TPSA) is 45.0 Å². The lowest BCUT2D eigenvalue weighted by Gasteiger charge is -2.39. The standard InChI is InChI=1S/C14H23N3O/c1-5-10-8-12-11(6-7-15-10)13(18)17(9-16-12)14(2,3)4/h11H,5-9H2,1-4H3. The Morgan fingerprint density at radius 2 is 2.06 bits per heavy atom. The van der Waals surface area contributed by atoms with Gasteiger partial charge in [-0.2, -0.15) is 0 Å². The average Bonchev–Trinajstić information content (AvgIpc) is 2.49. The Labute approximate surface area is 109 Å². The number of hydrogen-bond donors (Lipinski definition) is 0. The molecule has 2 aliphatic rings. The van der Waals surface area contributed by atoms with Crippen molar-refractivity contribution in [3.8, 4) is 0 Å². The van der Waals surface area contributed by atoms with Crippen LogP contribution in [0, 0.1) is 5.92 Å². The number of fused-ring (bicyclic) bond motifs is 1. The van der Waals surface area contributed by atoms with Gasteiger partial charge in [-0.05, 0) is 33.6 Å². The maximum Gasteiger partial charge on any atom is 0.233 e. The highest BCUT2D eigenvalue weighted by atomic mass is 16.2. The van der Waals surface area contributed by atoms with Gasteiger partial charge in [-0.25, -0.2) is 0 Å². The molecule has 0 N–H and O–H groups in total. The number of hydrogen-bond acceptors (Lipinski definition) is 3. The number of amides is 1. The van der Waals surface area contributed by atoms with Crippen LogP contribution in [0.4, 0.5) is 0 Å². The zero-order chi connectivity index (χ0) is 13.3. The Morgan fingerprint density at radius 1 is 1.33 bits per heavy atom. The van der Waals surface area contributed by atoms with E-state index in [0.29, 0.717) is 6.67 Å². The monoisotopic (exact) mass is 249 g/mol. The van der Waals surface area contributed by atoms with Gasteiger partial charge in [0.2, 0.25) is 5.91 Å². The summed E-state index contributed by atoms with van der Waals surface area (Å²) in [4.78, 5) is 23.6. The highest BCUT2D eigenvalue weighted by Gasteiger charge is 2.37. The molecule has 0 aliphatic carbocycles.